The van der Waals surface area contributed by atoms with E-state index in [2.05, 4.69) is 12.1 Å². The second-order valence-corrected chi connectivity index (χ2v) is 11.5. The molecule has 0 unspecified atom stereocenters. The van der Waals surface area contributed by atoms with E-state index in [0.717, 1.165) is 24.9 Å². The third kappa shape index (κ3) is 7.32. The van der Waals surface area contributed by atoms with Crippen LogP contribution in [0.3, 0.4) is 0 Å². The molecule has 0 spiro atoms. The van der Waals surface area contributed by atoms with Crippen molar-refractivity contribution in [3.05, 3.63) is 35.4 Å². The van der Waals surface area contributed by atoms with Gasteiger partial charge in [0.05, 0.1) is 0 Å². The van der Waals surface area contributed by atoms with E-state index in [1.165, 1.54) is 11.1 Å². The molecule has 25 heavy (non-hydrogen) atoms. The smallest absolute Gasteiger partial charge is 0.377 e. The van der Waals surface area contributed by atoms with E-state index in [0.29, 0.717) is 0 Å². The van der Waals surface area contributed by atoms with Gasteiger partial charge < -0.3 is 26.6 Å². The first-order valence-corrected chi connectivity index (χ1v) is 11.7. The summed E-state index contributed by atoms with van der Waals surface area (Å²) in [7, 11) is 4.69. The second kappa shape index (κ2) is 12.5. The predicted octanol–water partition coefficient (Wildman–Crippen LogP) is 2.33. The summed E-state index contributed by atoms with van der Waals surface area (Å²) >= 11 is 0. The van der Waals surface area contributed by atoms with Crippen molar-refractivity contribution in [3.8, 4) is 0 Å². The average Bonchev–Trinajstić information content (AvgIpc) is 2.65. The van der Waals surface area contributed by atoms with Crippen LogP contribution >= 0.6 is 0 Å². The first kappa shape index (κ1) is 25.1. The van der Waals surface area contributed by atoms with Gasteiger partial charge in [-0.3, -0.25) is 0 Å². The van der Waals surface area contributed by atoms with Crippen LogP contribution in [0, 0.1) is 6.07 Å². The molecule has 0 aliphatic heterocycles. The van der Waals surface area contributed by atoms with Crippen LogP contribution in [-0.2, 0) is 60.5 Å². The second-order valence-electron chi connectivity index (χ2n) is 5.34. The van der Waals surface area contributed by atoms with Crippen molar-refractivity contribution in [3.63, 3.8) is 0 Å². The van der Waals surface area contributed by atoms with Gasteiger partial charge in [0.2, 0.25) is 0 Å². The number of benzene rings is 1. The first-order valence-electron chi connectivity index (χ1n) is 7.82. The number of hydrogen-bond acceptors (Lipinski definition) is 6. The maximum absolute atomic E-state index is 5.46. The van der Waals surface area contributed by atoms with Gasteiger partial charge in [-0.2, -0.15) is 35.4 Å². The summed E-state index contributed by atoms with van der Waals surface area (Å²) in [4.78, 5) is 0. The van der Waals surface area contributed by atoms with E-state index in [9.17, 15) is 0 Å². The molecule has 0 saturated heterocycles. The molecule has 1 rings (SSSR count). The fourth-order valence-corrected chi connectivity index (χ4v) is 5.99. The summed E-state index contributed by atoms with van der Waals surface area (Å²) in [6.45, 7) is 0. The van der Waals surface area contributed by atoms with E-state index >= 15 is 0 Å². The molecule has 9 heteroatoms. The Kier molecular flexibility index (Phi) is 12.5. The summed E-state index contributed by atoms with van der Waals surface area (Å²) < 4.78 is 32.8. The zero-order valence-electron chi connectivity index (χ0n) is 15.9. The summed E-state index contributed by atoms with van der Waals surface area (Å²) in [6.07, 6.45) is 1.63. The van der Waals surface area contributed by atoms with Gasteiger partial charge in [0, 0.05) is 75.8 Å². The molecule has 6 nitrogen and oxygen atoms in total. The summed E-state index contributed by atoms with van der Waals surface area (Å²) in [5, 5.41) is 0. The van der Waals surface area contributed by atoms with Gasteiger partial charge >= 0.3 is 17.6 Å². The molecule has 144 valence electrons. The standard InChI is InChI=1S/C16H29O6Si2.W/c1-17-23(18-2,19-3)12-10-15-8-7-9-16(14-15)11-13-24(20-4,21-5)22-6;/h8-9,14H,10-13H2,1-6H3;/q-1;. The third-order valence-corrected chi connectivity index (χ3v) is 9.67. The van der Waals surface area contributed by atoms with Crippen LogP contribution in [0.25, 0.3) is 0 Å². The van der Waals surface area contributed by atoms with Crippen LogP contribution in [0.1, 0.15) is 11.1 Å². The van der Waals surface area contributed by atoms with Crippen LogP contribution in [-0.4, -0.2) is 60.3 Å². The summed E-state index contributed by atoms with van der Waals surface area (Å²) in [6, 6.07) is 10.8. The molecule has 1 aromatic rings. The topological polar surface area (TPSA) is 55.4 Å². The van der Waals surface area contributed by atoms with Crippen molar-refractivity contribution in [1.82, 2.24) is 0 Å². The van der Waals surface area contributed by atoms with Crippen molar-refractivity contribution < 1.29 is 47.6 Å². The van der Waals surface area contributed by atoms with E-state index in [-0.39, 0.29) is 21.1 Å². The summed E-state index contributed by atoms with van der Waals surface area (Å²) in [5.74, 6) is 0. The molecular formula is C16H29O6Si2W-. The molecule has 0 saturated carbocycles. The Bertz CT molecular complexity index is 428. The maximum Gasteiger partial charge on any atom is 0.499 e. The average molecular weight is 557 g/mol. The van der Waals surface area contributed by atoms with Crippen molar-refractivity contribution >= 4 is 17.6 Å². The molecular weight excluding hydrogens is 528 g/mol. The quantitative estimate of drug-likeness (QED) is 0.291. The van der Waals surface area contributed by atoms with Crippen molar-refractivity contribution in [1.29, 1.82) is 0 Å². The van der Waals surface area contributed by atoms with Crippen molar-refractivity contribution in [2.24, 2.45) is 0 Å². The molecule has 0 aliphatic carbocycles. The maximum atomic E-state index is 5.46. The summed E-state index contributed by atoms with van der Waals surface area (Å²) in [5.41, 5.74) is 2.35. The Labute approximate surface area is 168 Å². The van der Waals surface area contributed by atoms with Gasteiger partial charge in [-0.1, -0.05) is 12.8 Å². The van der Waals surface area contributed by atoms with E-state index < -0.39 is 17.6 Å². The molecule has 0 N–H and O–H groups in total. The van der Waals surface area contributed by atoms with Gasteiger partial charge in [-0.25, -0.2) is 0 Å². The largest absolute Gasteiger partial charge is 0.499 e. The fraction of sp³-hybridized carbons (Fsp3) is 0.625. The minimum atomic E-state index is -2.55. The van der Waals surface area contributed by atoms with Crippen LogP contribution in [0.15, 0.2) is 18.2 Å². The normalized spacial score (nSPS) is 12.1. The zero-order valence-corrected chi connectivity index (χ0v) is 20.9. The molecule has 0 radical (unpaired) electrons. The van der Waals surface area contributed by atoms with Crippen molar-refractivity contribution in [2.75, 3.05) is 42.7 Å². The molecule has 1 aromatic carbocycles. The predicted molar refractivity (Wildman–Crippen MR) is 95.9 cm³/mol. The minimum absolute atomic E-state index is 0. The molecule has 0 aromatic heterocycles. The zero-order chi connectivity index (χ0) is 18.1. The van der Waals surface area contributed by atoms with Gasteiger partial charge in [0.25, 0.3) is 0 Å². The van der Waals surface area contributed by atoms with E-state index in [1.54, 1.807) is 42.7 Å². The van der Waals surface area contributed by atoms with Gasteiger partial charge in [-0.05, 0) is 0 Å². The first-order chi connectivity index (χ1) is 11.5. The molecule has 0 atom stereocenters. The van der Waals surface area contributed by atoms with Crippen molar-refractivity contribution in [2.45, 2.75) is 24.9 Å². The Hall–Kier alpha value is 0.102. The Morgan fingerprint density at radius 2 is 1.00 bits per heavy atom. The number of aryl methyl sites for hydroxylation is 2. The Morgan fingerprint density at radius 1 is 0.680 bits per heavy atom. The van der Waals surface area contributed by atoms with Gasteiger partial charge in [0.1, 0.15) is 0 Å². The minimum Gasteiger partial charge on any atom is -0.377 e. The number of hydrogen-bond donors (Lipinski definition) is 0. The Balaban J connectivity index is 0.00000576. The van der Waals surface area contributed by atoms with Crippen LogP contribution < -0.4 is 0 Å². The molecule has 0 heterocycles. The molecule has 0 bridgehead atoms. The number of rotatable bonds is 12. The van der Waals surface area contributed by atoms with Gasteiger partial charge in [-0.15, -0.1) is 0 Å². The van der Waals surface area contributed by atoms with E-state index in [1.807, 2.05) is 12.1 Å². The molecule has 0 aliphatic rings. The van der Waals surface area contributed by atoms with E-state index in [4.69, 9.17) is 26.6 Å². The fourth-order valence-electron chi connectivity index (χ4n) is 2.57. The molecule has 0 amide bonds. The van der Waals surface area contributed by atoms with Crippen LogP contribution in [0.2, 0.25) is 12.1 Å². The third-order valence-electron chi connectivity index (χ3n) is 4.21. The monoisotopic (exact) mass is 557 g/mol. The van der Waals surface area contributed by atoms with Gasteiger partial charge in [0.15, 0.2) is 0 Å². The Morgan fingerprint density at radius 3 is 1.28 bits per heavy atom. The SMILES string of the molecule is CO[Si](CCc1c[c-]cc(CC[Si](OC)(OC)OC)c1)(OC)OC.[W]. The van der Waals surface area contributed by atoms with Crippen LogP contribution in [0.5, 0.6) is 0 Å². The molecule has 0 fully saturated rings. The van der Waals surface area contributed by atoms with Crippen LogP contribution in [0.4, 0.5) is 0 Å².